The highest BCUT2D eigenvalue weighted by Crippen LogP contribution is 2.33. The molecule has 1 aromatic carbocycles. The molecule has 0 amide bonds. The number of fused-ring (bicyclic) bond motifs is 3. The van der Waals surface area contributed by atoms with E-state index in [1.54, 1.807) is 7.11 Å². The summed E-state index contributed by atoms with van der Waals surface area (Å²) in [4.78, 5) is 5.21. The highest BCUT2D eigenvalue weighted by Gasteiger charge is 2.37. The summed E-state index contributed by atoms with van der Waals surface area (Å²) in [7, 11) is 3.82. The molecule has 4 rings (SSSR count). The van der Waals surface area contributed by atoms with Crippen LogP contribution in [0.15, 0.2) is 18.2 Å². The van der Waals surface area contributed by atoms with E-state index >= 15 is 0 Å². The van der Waals surface area contributed by atoms with Gasteiger partial charge in [0, 0.05) is 44.3 Å². The molecule has 0 spiro atoms. The van der Waals surface area contributed by atoms with E-state index in [2.05, 4.69) is 47.3 Å². The molecule has 110 valence electrons. The van der Waals surface area contributed by atoms with Crippen LogP contribution >= 0.6 is 0 Å². The molecule has 1 aromatic rings. The Morgan fingerprint density at radius 2 is 2.00 bits per heavy atom. The first-order chi connectivity index (χ1) is 9.72. The van der Waals surface area contributed by atoms with Gasteiger partial charge in [-0.3, -0.25) is 9.80 Å². The van der Waals surface area contributed by atoms with Crippen molar-refractivity contribution in [3.05, 3.63) is 29.3 Å². The van der Waals surface area contributed by atoms with Crippen molar-refractivity contribution in [2.75, 3.05) is 46.9 Å². The number of nitrogens with zero attached hydrogens (tertiary/aromatic N) is 2. The minimum Gasteiger partial charge on any atom is -0.496 e. The van der Waals surface area contributed by atoms with Gasteiger partial charge in [0.1, 0.15) is 5.75 Å². The predicted octanol–water partition coefficient (Wildman–Crippen LogP) is 1.26. The quantitative estimate of drug-likeness (QED) is 0.895. The van der Waals surface area contributed by atoms with Gasteiger partial charge in [0.05, 0.1) is 13.2 Å². The Hall–Kier alpha value is -1.10. The van der Waals surface area contributed by atoms with Crippen LogP contribution < -0.4 is 10.1 Å². The smallest absolute Gasteiger partial charge is 0.123 e. The molecule has 2 unspecified atom stereocenters. The molecule has 20 heavy (non-hydrogen) atoms. The van der Waals surface area contributed by atoms with Gasteiger partial charge >= 0.3 is 0 Å². The molecular weight excluding hydrogens is 250 g/mol. The van der Waals surface area contributed by atoms with E-state index < -0.39 is 0 Å². The third-order valence-electron chi connectivity index (χ3n) is 4.74. The summed E-state index contributed by atoms with van der Waals surface area (Å²) in [6.07, 6.45) is 0. The van der Waals surface area contributed by atoms with E-state index in [0.717, 1.165) is 12.3 Å². The number of aryl methyl sites for hydroxylation is 1. The second-order valence-electron chi connectivity index (χ2n) is 5.92. The lowest BCUT2D eigenvalue weighted by Gasteiger charge is -2.50. The topological polar surface area (TPSA) is 27.7 Å². The average molecular weight is 275 g/mol. The van der Waals surface area contributed by atoms with Crippen molar-refractivity contribution in [1.82, 2.24) is 15.1 Å². The first-order valence-corrected chi connectivity index (χ1v) is 7.51. The van der Waals surface area contributed by atoms with E-state index in [1.807, 2.05) is 0 Å². The van der Waals surface area contributed by atoms with Crippen molar-refractivity contribution in [1.29, 1.82) is 0 Å². The second kappa shape index (κ2) is 5.72. The number of likely N-dealkylation sites (N-methyl/N-ethyl adjacent to an activating group) is 1. The van der Waals surface area contributed by atoms with Crippen molar-refractivity contribution in [3.8, 4) is 5.75 Å². The summed E-state index contributed by atoms with van der Waals surface area (Å²) < 4.78 is 5.58. The molecule has 3 aliphatic rings. The van der Waals surface area contributed by atoms with Gasteiger partial charge in [-0.05, 0) is 20.0 Å². The van der Waals surface area contributed by atoms with Crippen molar-refractivity contribution in [2.45, 2.75) is 19.0 Å². The van der Waals surface area contributed by atoms with Crippen LogP contribution in [0.1, 0.15) is 17.2 Å². The third kappa shape index (κ3) is 2.43. The van der Waals surface area contributed by atoms with E-state index in [1.165, 1.54) is 37.3 Å². The van der Waals surface area contributed by atoms with Crippen molar-refractivity contribution in [2.24, 2.45) is 0 Å². The number of piperazine rings is 3. The Labute approximate surface area is 121 Å². The Balaban J connectivity index is 1.91. The summed E-state index contributed by atoms with van der Waals surface area (Å²) in [5.41, 5.74) is 2.58. The van der Waals surface area contributed by atoms with Gasteiger partial charge in [-0.2, -0.15) is 0 Å². The molecule has 1 N–H and O–H groups in total. The van der Waals surface area contributed by atoms with Gasteiger partial charge in [0.2, 0.25) is 0 Å². The Bertz CT molecular complexity index is 469. The third-order valence-corrected chi connectivity index (χ3v) is 4.74. The SMILES string of the molecule is CNC(c1cc(C)ccc1OC)C1CN2CCN1CC2. The fraction of sp³-hybridized carbons (Fsp3) is 0.625. The lowest BCUT2D eigenvalue weighted by molar-refractivity contribution is -0.00285. The lowest BCUT2D eigenvalue weighted by atomic mass is 9.92. The lowest BCUT2D eigenvalue weighted by Crippen LogP contribution is -2.63. The number of hydrogen-bond acceptors (Lipinski definition) is 4. The molecule has 3 aliphatic heterocycles. The Morgan fingerprint density at radius 3 is 2.55 bits per heavy atom. The highest BCUT2D eigenvalue weighted by atomic mass is 16.5. The molecule has 0 radical (unpaired) electrons. The van der Waals surface area contributed by atoms with Crippen LogP contribution in [0.25, 0.3) is 0 Å². The molecular formula is C16H25N3O. The molecule has 4 heteroatoms. The summed E-state index contributed by atoms with van der Waals surface area (Å²) in [5.74, 6) is 0.993. The summed E-state index contributed by atoms with van der Waals surface area (Å²) in [6, 6.07) is 7.34. The molecule has 0 aromatic heterocycles. The zero-order chi connectivity index (χ0) is 14.1. The highest BCUT2D eigenvalue weighted by molar-refractivity contribution is 5.40. The monoisotopic (exact) mass is 275 g/mol. The minimum absolute atomic E-state index is 0.327. The van der Waals surface area contributed by atoms with E-state index in [9.17, 15) is 0 Å². The first-order valence-electron chi connectivity index (χ1n) is 7.51. The largest absolute Gasteiger partial charge is 0.496 e. The average Bonchev–Trinajstić information content (AvgIpc) is 2.50. The van der Waals surface area contributed by atoms with Crippen LogP contribution in [0.2, 0.25) is 0 Å². The molecule has 3 heterocycles. The fourth-order valence-electron chi connectivity index (χ4n) is 3.63. The van der Waals surface area contributed by atoms with Crippen molar-refractivity contribution < 1.29 is 4.74 Å². The zero-order valence-corrected chi connectivity index (χ0v) is 12.7. The van der Waals surface area contributed by atoms with Gasteiger partial charge < -0.3 is 10.1 Å². The van der Waals surface area contributed by atoms with Gasteiger partial charge in [0.15, 0.2) is 0 Å². The van der Waals surface area contributed by atoms with Gasteiger partial charge in [0.25, 0.3) is 0 Å². The zero-order valence-electron chi connectivity index (χ0n) is 12.7. The normalized spacial score (nSPS) is 30.2. The van der Waals surface area contributed by atoms with Crippen LogP contribution in [0, 0.1) is 6.92 Å². The molecule has 0 saturated carbocycles. The summed E-state index contributed by atoms with van der Waals surface area (Å²) >= 11 is 0. The number of rotatable bonds is 4. The maximum absolute atomic E-state index is 5.58. The maximum Gasteiger partial charge on any atom is 0.123 e. The summed E-state index contributed by atoms with van der Waals surface area (Å²) in [6.45, 7) is 8.12. The van der Waals surface area contributed by atoms with Crippen LogP contribution in [0.5, 0.6) is 5.75 Å². The first kappa shape index (κ1) is 13.9. The fourth-order valence-corrected chi connectivity index (χ4v) is 3.63. The van der Waals surface area contributed by atoms with Crippen LogP contribution in [0.4, 0.5) is 0 Å². The van der Waals surface area contributed by atoms with Crippen LogP contribution in [-0.4, -0.2) is 62.7 Å². The molecule has 3 saturated heterocycles. The van der Waals surface area contributed by atoms with E-state index in [-0.39, 0.29) is 0 Å². The molecule has 0 aliphatic carbocycles. The van der Waals surface area contributed by atoms with Crippen LogP contribution in [-0.2, 0) is 0 Å². The Morgan fingerprint density at radius 1 is 1.25 bits per heavy atom. The molecule has 4 nitrogen and oxygen atoms in total. The molecule has 2 bridgehead atoms. The number of nitrogens with one attached hydrogen (secondary N) is 1. The standard InChI is InChI=1S/C16H25N3O/c1-12-4-5-15(20-3)13(10-12)16(17-2)14-11-18-6-8-19(14)9-7-18/h4-5,10,14,16-17H,6-9,11H2,1-3H3. The molecule has 3 fully saturated rings. The second-order valence-corrected chi connectivity index (χ2v) is 5.92. The van der Waals surface area contributed by atoms with Gasteiger partial charge in [-0.1, -0.05) is 17.7 Å². The van der Waals surface area contributed by atoms with Crippen LogP contribution in [0.3, 0.4) is 0 Å². The summed E-state index contributed by atoms with van der Waals surface area (Å²) in [5, 5.41) is 3.53. The van der Waals surface area contributed by atoms with Gasteiger partial charge in [-0.15, -0.1) is 0 Å². The number of hydrogen-bond donors (Lipinski definition) is 1. The maximum atomic E-state index is 5.58. The van der Waals surface area contributed by atoms with E-state index in [4.69, 9.17) is 4.74 Å². The van der Waals surface area contributed by atoms with Crippen molar-refractivity contribution in [3.63, 3.8) is 0 Å². The van der Waals surface area contributed by atoms with Gasteiger partial charge in [-0.25, -0.2) is 0 Å². The van der Waals surface area contributed by atoms with Crippen molar-refractivity contribution >= 4 is 0 Å². The number of ether oxygens (including phenoxy) is 1. The predicted molar refractivity (Wildman–Crippen MR) is 81.3 cm³/mol. The number of benzene rings is 1. The molecule has 2 atom stereocenters. The number of methoxy groups -OCH3 is 1. The minimum atomic E-state index is 0.327. The van der Waals surface area contributed by atoms with E-state index in [0.29, 0.717) is 12.1 Å². The Kier molecular flexibility index (Phi) is 3.96.